The Labute approximate surface area is 165 Å². The molecule has 24 heavy (non-hydrogen) atoms. The number of morpholine rings is 1. The first-order chi connectivity index (χ1) is 11.0. The van der Waals surface area contributed by atoms with Gasteiger partial charge in [-0.25, -0.2) is 0 Å². The number of unbranched alkanes of at least 4 members (excludes halogenated alkanes) is 1. The van der Waals surface area contributed by atoms with Crippen LogP contribution in [0.5, 0.6) is 0 Å². The second-order valence-corrected chi connectivity index (χ2v) is 7.90. The molecule has 2 heterocycles. The van der Waals surface area contributed by atoms with Crippen molar-refractivity contribution in [3.8, 4) is 0 Å². The fraction of sp³-hybridized carbons (Fsp3) is 0.944. The van der Waals surface area contributed by atoms with Gasteiger partial charge in [-0.3, -0.25) is 4.99 Å². The molecule has 6 heteroatoms. The van der Waals surface area contributed by atoms with Gasteiger partial charge in [0, 0.05) is 33.3 Å². The highest BCUT2D eigenvalue weighted by atomic mass is 127. The molecule has 5 nitrogen and oxygen atoms in total. The van der Waals surface area contributed by atoms with Crippen molar-refractivity contribution in [1.82, 2.24) is 10.2 Å². The summed E-state index contributed by atoms with van der Waals surface area (Å²) in [5.41, 5.74) is 0.431. The molecule has 0 radical (unpaired) electrons. The normalized spacial score (nSPS) is 25.5. The van der Waals surface area contributed by atoms with Crippen LogP contribution < -0.4 is 5.32 Å². The van der Waals surface area contributed by atoms with Crippen molar-refractivity contribution >= 4 is 29.9 Å². The van der Waals surface area contributed by atoms with Crippen LogP contribution in [0.4, 0.5) is 0 Å². The van der Waals surface area contributed by atoms with Crippen LogP contribution >= 0.6 is 24.0 Å². The lowest BCUT2D eigenvalue weighted by Crippen LogP contribution is -2.53. The highest BCUT2D eigenvalue weighted by Gasteiger charge is 2.32. The molecule has 2 saturated heterocycles. The van der Waals surface area contributed by atoms with Gasteiger partial charge in [0.25, 0.3) is 0 Å². The molecule has 0 amide bonds. The number of hydrogen-bond acceptors (Lipinski definition) is 3. The zero-order chi connectivity index (χ0) is 16.7. The van der Waals surface area contributed by atoms with Gasteiger partial charge in [-0.05, 0) is 31.1 Å². The van der Waals surface area contributed by atoms with Gasteiger partial charge < -0.3 is 19.7 Å². The summed E-state index contributed by atoms with van der Waals surface area (Å²) in [4.78, 5) is 6.77. The van der Waals surface area contributed by atoms with Crippen molar-refractivity contribution in [2.45, 2.75) is 65.1 Å². The van der Waals surface area contributed by atoms with Crippen LogP contribution in [-0.2, 0) is 9.47 Å². The molecule has 0 aromatic heterocycles. The molecule has 2 unspecified atom stereocenters. The first-order valence-corrected chi connectivity index (χ1v) is 9.18. The Morgan fingerprint density at radius 1 is 1.17 bits per heavy atom. The van der Waals surface area contributed by atoms with Crippen LogP contribution in [0, 0.1) is 5.41 Å². The van der Waals surface area contributed by atoms with E-state index in [9.17, 15) is 0 Å². The number of nitrogens with one attached hydrogen (secondary N) is 1. The van der Waals surface area contributed by atoms with Crippen LogP contribution in [-0.4, -0.2) is 63.0 Å². The lowest BCUT2D eigenvalue weighted by atomic mass is 9.90. The molecule has 2 atom stereocenters. The van der Waals surface area contributed by atoms with E-state index >= 15 is 0 Å². The van der Waals surface area contributed by atoms with Gasteiger partial charge in [0.2, 0.25) is 0 Å². The predicted octanol–water partition coefficient (Wildman–Crippen LogP) is 3.28. The second kappa shape index (κ2) is 10.8. The maximum Gasteiger partial charge on any atom is 0.193 e. The SMILES string of the molecule is CN=C(NCCCCC(C)(C)C)N1CCOC(C2CCCO2)C1.I. The average Bonchev–Trinajstić information content (AvgIpc) is 3.04. The monoisotopic (exact) mass is 453 g/mol. The molecule has 2 aliphatic heterocycles. The van der Waals surface area contributed by atoms with E-state index in [4.69, 9.17) is 9.47 Å². The quantitative estimate of drug-likeness (QED) is 0.301. The van der Waals surface area contributed by atoms with Crippen LogP contribution in [0.1, 0.15) is 52.9 Å². The van der Waals surface area contributed by atoms with E-state index in [1.54, 1.807) is 0 Å². The van der Waals surface area contributed by atoms with Gasteiger partial charge >= 0.3 is 0 Å². The van der Waals surface area contributed by atoms with E-state index in [0.29, 0.717) is 5.41 Å². The van der Waals surface area contributed by atoms with Crippen molar-refractivity contribution in [1.29, 1.82) is 0 Å². The summed E-state index contributed by atoms with van der Waals surface area (Å²) < 4.78 is 11.7. The molecule has 0 aromatic rings. The van der Waals surface area contributed by atoms with Gasteiger partial charge in [-0.2, -0.15) is 0 Å². The fourth-order valence-corrected chi connectivity index (χ4v) is 3.30. The molecular formula is C18H36IN3O2. The molecule has 2 aliphatic rings. The van der Waals surface area contributed by atoms with E-state index in [1.807, 2.05) is 7.05 Å². The topological polar surface area (TPSA) is 46.1 Å². The molecule has 1 N–H and O–H groups in total. The standard InChI is InChI=1S/C18H35N3O2.HI/c1-18(2,3)9-5-6-10-20-17(19-4)21-11-13-23-16(14-21)15-8-7-12-22-15;/h15-16H,5-14H2,1-4H3,(H,19,20);1H. The zero-order valence-corrected chi connectivity index (χ0v) is 18.2. The third-order valence-electron chi connectivity index (χ3n) is 4.62. The average molecular weight is 453 g/mol. The van der Waals surface area contributed by atoms with Crippen LogP contribution in [0.3, 0.4) is 0 Å². The van der Waals surface area contributed by atoms with Crippen molar-refractivity contribution in [2.75, 3.05) is 39.9 Å². The molecule has 0 aromatic carbocycles. The van der Waals surface area contributed by atoms with E-state index in [0.717, 1.165) is 51.6 Å². The lowest BCUT2D eigenvalue weighted by molar-refractivity contribution is -0.0816. The third kappa shape index (κ3) is 7.44. The zero-order valence-electron chi connectivity index (χ0n) is 15.8. The Balaban J connectivity index is 0.00000288. The van der Waals surface area contributed by atoms with Gasteiger partial charge in [-0.1, -0.05) is 27.2 Å². The Morgan fingerprint density at radius 3 is 2.54 bits per heavy atom. The summed E-state index contributed by atoms with van der Waals surface area (Å²) in [6.45, 7) is 11.3. The van der Waals surface area contributed by atoms with Crippen molar-refractivity contribution in [3.05, 3.63) is 0 Å². The summed E-state index contributed by atoms with van der Waals surface area (Å²) in [5.74, 6) is 1.01. The molecular weight excluding hydrogens is 417 g/mol. The summed E-state index contributed by atoms with van der Waals surface area (Å²) in [6.07, 6.45) is 6.45. The summed E-state index contributed by atoms with van der Waals surface area (Å²) >= 11 is 0. The Kier molecular flexibility index (Phi) is 9.89. The lowest BCUT2D eigenvalue weighted by Gasteiger charge is -2.37. The van der Waals surface area contributed by atoms with Crippen LogP contribution in [0.15, 0.2) is 4.99 Å². The molecule has 0 saturated carbocycles. The summed E-state index contributed by atoms with van der Waals surface area (Å²) in [7, 11) is 1.87. The Morgan fingerprint density at radius 2 is 1.92 bits per heavy atom. The van der Waals surface area contributed by atoms with Gasteiger partial charge in [0.1, 0.15) is 6.10 Å². The third-order valence-corrected chi connectivity index (χ3v) is 4.62. The largest absolute Gasteiger partial charge is 0.375 e. The second-order valence-electron chi connectivity index (χ2n) is 7.90. The number of rotatable bonds is 5. The van der Waals surface area contributed by atoms with E-state index in [2.05, 4.69) is 36.0 Å². The van der Waals surface area contributed by atoms with Gasteiger partial charge in [0.05, 0.1) is 12.7 Å². The minimum absolute atomic E-state index is 0. The smallest absolute Gasteiger partial charge is 0.193 e. The Bertz CT molecular complexity index is 379. The maximum absolute atomic E-state index is 5.92. The molecule has 0 bridgehead atoms. The van der Waals surface area contributed by atoms with Crippen molar-refractivity contribution in [2.24, 2.45) is 10.4 Å². The fourth-order valence-electron chi connectivity index (χ4n) is 3.30. The molecule has 142 valence electrons. The molecule has 0 aliphatic carbocycles. The van der Waals surface area contributed by atoms with Gasteiger partial charge in [-0.15, -0.1) is 24.0 Å². The highest BCUT2D eigenvalue weighted by Crippen LogP contribution is 2.22. The van der Waals surface area contributed by atoms with Crippen molar-refractivity contribution < 1.29 is 9.47 Å². The van der Waals surface area contributed by atoms with Crippen molar-refractivity contribution in [3.63, 3.8) is 0 Å². The first-order valence-electron chi connectivity index (χ1n) is 9.18. The minimum atomic E-state index is 0. The number of ether oxygens (including phenoxy) is 2. The molecule has 2 rings (SSSR count). The van der Waals surface area contributed by atoms with Crippen LogP contribution in [0.2, 0.25) is 0 Å². The van der Waals surface area contributed by atoms with E-state index < -0.39 is 0 Å². The predicted molar refractivity (Wildman–Crippen MR) is 110 cm³/mol. The highest BCUT2D eigenvalue weighted by molar-refractivity contribution is 14.0. The summed E-state index contributed by atoms with van der Waals surface area (Å²) in [5, 5.41) is 3.52. The summed E-state index contributed by atoms with van der Waals surface area (Å²) in [6, 6.07) is 0. The first kappa shape index (κ1) is 22.0. The van der Waals surface area contributed by atoms with Gasteiger partial charge in [0.15, 0.2) is 5.96 Å². The van der Waals surface area contributed by atoms with Crippen LogP contribution in [0.25, 0.3) is 0 Å². The number of nitrogens with zero attached hydrogens (tertiary/aromatic N) is 2. The Hall–Kier alpha value is -0.0800. The minimum Gasteiger partial charge on any atom is -0.375 e. The molecule has 0 spiro atoms. The maximum atomic E-state index is 5.92. The number of hydrogen-bond donors (Lipinski definition) is 1. The molecule has 2 fully saturated rings. The number of halogens is 1. The van der Waals surface area contributed by atoms with E-state index in [-0.39, 0.29) is 36.2 Å². The number of guanidine groups is 1. The number of aliphatic imine (C=N–C) groups is 1. The van der Waals surface area contributed by atoms with E-state index in [1.165, 1.54) is 19.3 Å².